The fraction of sp³-hybridized carbons (Fsp3) is 1.00. The normalized spacial score (nSPS) is 32.2. The second-order valence-electron chi connectivity index (χ2n) is 2.98. The van der Waals surface area contributed by atoms with Crippen LogP contribution in [0.15, 0.2) is 0 Å². The Hall–Kier alpha value is -0.120. The molecule has 0 bridgehead atoms. The van der Waals surface area contributed by atoms with Crippen LogP contribution in [0, 0.1) is 0 Å². The quantitative estimate of drug-likeness (QED) is 0.615. The van der Waals surface area contributed by atoms with E-state index in [4.69, 9.17) is 4.74 Å². The molecule has 0 saturated carbocycles. The Balaban J connectivity index is 2.12. The zero-order valence-electron chi connectivity index (χ0n) is 7.05. The zero-order valence-corrected chi connectivity index (χ0v) is 7.05. The topological polar surface area (TPSA) is 41.5 Å². The number of hydrogen-bond donors (Lipinski definition) is 2. The van der Waals surface area contributed by atoms with Crippen molar-refractivity contribution in [3.05, 3.63) is 0 Å². The molecule has 1 aliphatic heterocycles. The van der Waals surface area contributed by atoms with Gasteiger partial charge in [0.2, 0.25) is 0 Å². The van der Waals surface area contributed by atoms with Gasteiger partial charge in [0.15, 0.2) is 0 Å². The lowest BCUT2D eigenvalue weighted by Gasteiger charge is -2.26. The molecular weight excluding hydrogens is 142 g/mol. The largest absolute Gasteiger partial charge is 0.393 e. The monoisotopic (exact) mass is 159 g/mol. The van der Waals surface area contributed by atoms with E-state index in [1.54, 1.807) is 0 Å². The molecule has 1 fully saturated rings. The number of likely N-dealkylation sites (N-methyl/N-ethyl adjacent to an activating group) is 1. The molecule has 2 N–H and O–H groups in total. The molecule has 3 nitrogen and oxygen atoms in total. The maximum Gasteiger partial charge on any atom is 0.0724 e. The van der Waals surface area contributed by atoms with Crippen LogP contribution < -0.4 is 5.32 Å². The summed E-state index contributed by atoms with van der Waals surface area (Å²) < 4.78 is 5.43. The second kappa shape index (κ2) is 4.70. The lowest BCUT2D eigenvalue weighted by molar-refractivity contribution is -0.0415. The van der Waals surface area contributed by atoms with Gasteiger partial charge in [-0.05, 0) is 13.0 Å². The number of aliphatic hydroxyl groups excluding tert-OH is 1. The van der Waals surface area contributed by atoms with Crippen molar-refractivity contribution in [1.82, 2.24) is 5.32 Å². The molecule has 2 atom stereocenters. The smallest absolute Gasteiger partial charge is 0.0724 e. The molecule has 1 aliphatic rings. The highest BCUT2D eigenvalue weighted by Crippen LogP contribution is 2.12. The van der Waals surface area contributed by atoms with Crippen LogP contribution in [0.4, 0.5) is 0 Å². The number of nitrogens with one attached hydrogen (secondary N) is 1. The van der Waals surface area contributed by atoms with E-state index in [1.165, 1.54) is 0 Å². The van der Waals surface area contributed by atoms with E-state index in [-0.39, 0.29) is 12.2 Å². The van der Waals surface area contributed by atoms with Gasteiger partial charge in [0.25, 0.3) is 0 Å². The molecule has 1 heterocycles. The third-order valence-corrected chi connectivity index (χ3v) is 1.96. The average Bonchev–Trinajstić information content (AvgIpc) is 2.01. The van der Waals surface area contributed by atoms with Crippen molar-refractivity contribution in [3.8, 4) is 0 Å². The number of hydrogen-bond acceptors (Lipinski definition) is 3. The van der Waals surface area contributed by atoms with Gasteiger partial charge in [-0.25, -0.2) is 0 Å². The van der Waals surface area contributed by atoms with Crippen LogP contribution in [0.3, 0.4) is 0 Å². The molecule has 11 heavy (non-hydrogen) atoms. The number of rotatable bonds is 3. The number of ether oxygens (including phenoxy) is 1. The summed E-state index contributed by atoms with van der Waals surface area (Å²) in [6.07, 6.45) is 1.65. The lowest BCUT2D eigenvalue weighted by atomic mass is 10.1. The summed E-state index contributed by atoms with van der Waals surface area (Å²) in [6.45, 7) is 4.61. The van der Waals surface area contributed by atoms with Crippen LogP contribution in [-0.2, 0) is 4.74 Å². The summed E-state index contributed by atoms with van der Waals surface area (Å²) in [5, 5.41) is 12.5. The molecule has 0 aromatic heterocycles. The van der Waals surface area contributed by atoms with Crippen LogP contribution in [0.5, 0.6) is 0 Å². The Morgan fingerprint density at radius 2 is 2.45 bits per heavy atom. The van der Waals surface area contributed by atoms with Crippen molar-refractivity contribution in [2.45, 2.75) is 32.0 Å². The molecule has 0 amide bonds. The van der Waals surface area contributed by atoms with Gasteiger partial charge in [-0.1, -0.05) is 6.92 Å². The zero-order chi connectivity index (χ0) is 8.10. The van der Waals surface area contributed by atoms with Gasteiger partial charge in [-0.15, -0.1) is 0 Å². The van der Waals surface area contributed by atoms with Crippen LogP contribution >= 0.6 is 0 Å². The van der Waals surface area contributed by atoms with Gasteiger partial charge in [-0.3, -0.25) is 0 Å². The van der Waals surface area contributed by atoms with Gasteiger partial charge < -0.3 is 15.2 Å². The van der Waals surface area contributed by atoms with Gasteiger partial charge in [0.05, 0.1) is 12.2 Å². The molecular formula is C8H17NO2. The van der Waals surface area contributed by atoms with Gasteiger partial charge in [0.1, 0.15) is 0 Å². The summed E-state index contributed by atoms with van der Waals surface area (Å²) in [7, 11) is 0. The minimum absolute atomic E-state index is 0.146. The Morgan fingerprint density at radius 1 is 1.64 bits per heavy atom. The van der Waals surface area contributed by atoms with Gasteiger partial charge in [0, 0.05) is 19.6 Å². The fourth-order valence-corrected chi connectivity index (χ4v) is 1.31. The van der Waals surface area contributed by atoms with E-state index in [9.17, 15) is 5.11 Å². The van der Waals surface area contributed by atoms with Crippen LogP contribution in [0.25, 0.3) is 0 Å². The first-order valence-electron chi connectivity index (χ1n) is 4.33. The first-order chi connectivity index (χ1) is 5.33. The third-order valence-electron chi connectivity index (χ3n) is 1.96. The maximum absolute atomic E-state index is 9.27. The SMILES string of the molecule is CCNCC1CC(O)CCO1. The van der Waals surface area contributed by atoms with Gasteiger partial charge in [-0.2, -0.15) is 0 Å². The molecule has 1 rings (SSSR count). The van der Waals surface area contributed by atoms with Crippen molar-refractivity contribution < 1.29 is 9.84 Å². The van der Waals surface area contributed by atoms with E-state index >= 15 is 0 Å². The highest BCUT2D eigenvalue weighted by Gasteiger charge is 2.19. The summed E-state index contributed by atoms with van der Waals surface area (Å²) in [4.78, 5) is 0. The first kappa shape index (κ1) is 8.97. The predicted octanol–water partition coefficient (Wildman–Crippen LogP) is 0.136. The highest BCUT2D eigenvalue weighted by molar-refractivity contribution is 4.71. The van der Waals surface area contributed by atoms with Gasteiger partial charge >= 0.3 is 0 Å². The molecule has 3 heteroatoms. The second-order valence-corrected chi connectivity index (χ2v) is 2.98. The molecule has 0 aromatic carbocycles. The lowest BCUT2D eigenvalue weighted by Crippen LogP contribution is -2.36. The predicted molar refractivity (Wildman–Crippen MR) is 43.5 cm³/mol. The third kappa shape index (κ3) is 3.18. The Labute approximate surface area is 67.7 Å². The number of aliphatic hydroxyl groups is 1. The van der Waals surface area contributed by atoms with Crippen molar-refractivity contribution in [1.29, 1.82) is 0 Å². The minimum Gasteiger partial charge on any atom is -0.393 e. The summed E-state index contributed by atoms with van der Waals surface area (Å²) in [6, 6.07) is 0. The van der Waals surface area contributed by atoms with E-state index < -0.39 is 0 Å². The van der Waals surface area contributed by atoms with E-state index in [0.29, 0.717) is 6.61 Å². The molecule has 0 radical (unpaired) electrons. The summed E-state index contributed by atoms with van der Waals surface area (Å²) in [5.41, 5.74) is 0. The van der Waals surface area contributed by atoms with Crippen LogP contribution in [0.1, 0.15) is 19.8 Å². The van der Waals surface area contributed by atoms with E-state index in [0.717, 1.165) is 25.9 Å². The maximum atomic E-state index is 9.27. The van der Waals surface area contributed by atoms with Crippen molar-refractivity contribution >= 4 is 0 Å². The highest BCUT2D eigenvalue weighted by atomic mass is 16.5. The minimum atomic E-state index is -0.146. The summed E-state index contributed by atoms with van der Waals surface area (Å²) >= 11 is 0. The van der Waals surface area contributed by atoms with E-state index in [2.05, 4.69) is 12.2 Å². The average molecular weight is 159 g/mol. The Kier molecular flexibility index (Phi) is 3.83. The van der Waals surface area contributed by atoms with Crippen molar-refractivity contribution in [2.75, 3.05) is 19.7 Å². The van der Waals surface area contributed by atoms with Crippen molar-refractivity contribution in [3.63, 3.8) is 0 Å². The molecule has 0 aromatic rings. The molecule has 2 unspecified atom stereocenters. The van der Waals surface area contributed by atoms with Crippen LogP contribution in [-0.4, -0.2) is 37.0 Å². The van der Waals surface area contributed by atoms with E-state index in [1.807, 2.05) is 0 Å². The van der Waals surface area contributed by atoms with Crippen molar-refractivity contribution in [2.24, 2.45) is 0 Å². The molecule has 0 spiro atoms. The van der Waals surface area contributed by atoms with Crippen LogP contribution in [0.2, 0.25) is 0 Å². The summed E-state index contributed by atoms with van der Waals surface area (Å²) in [5.74, 6) is 0. The molecule has 0 aliphatic carbocycles. The molecule has 1 saturated heterocycles. The first-order valence-corrected chi connectivity index (χ1v) is 4.33. The molecule has 66 valence electrons. The standard InChI is InChI=1S/C8H17NO2/c1-2-9-6-8-5-7(10)3-4-11-8/h7-10H,2-6H2,1H3. The Morgan fingerprint density at radius 3 is 3.09 bits per heavy atom. The Bertz CT molecular complexity index is 108. The fourth-order valence-electron chi connectivity index (χ4n) is 1.31.